The Morgan fingerprint density at radius 2 is 1.81 bits per heavy atom. The minimum atomic E-state index is 0.508. The Labute approximate surface area is 139 Å². The normalized spacial score (nSPS) is 10.4. The predicted molar refractivity (Wildman–Crippen MR) is 90.6 cm³/mol. The molecule has 2 nitrogen and oxygen atoms in total. The molecule has 0 fully saturated rings. The third-order valence-corrected chi connectivity index (χ3v) is 3.82. The van der Waals surface area contributed by atoms with Crippen molar-refractivity contribution in [1.82, 2.24) is 0 Å². The van der Waals surface area contributed by atoms with Gasteiger partial charge in [-0.3, -0.25) is 0 Å². The quantitative estimate of drug-likeness (QED) is 0.591. The molecule has 2 aromatic rings. The maximum absolute atomic E-state index is 5.92. The summed E-state index contributed by atoms with van der Waals surface area (Å²) in [6.07, 6.45) is 0.987. The highest BCUT2D eigenvalue weighted by Gasteiger charge is 2.06. The Balaban J connectivity index is 2.07. The van der Waals surface area contributed by atoms with Gasteiger partial charge in [-0.25, -0.2) is 0 Å². The van der Waals surface area contributed by atoms with Crippen LogP contribution in [-0.4, -0.2) is 6.61 Å². The van der Waals surface area contributed by atoms with Crippen molar-refractivity contribution in [3.63, 3.8) is 0 Å². The zero-order valence-electron chi connectivity index (χ0n) is 11.9. The van der Waals surface area contributed by atoms with Crippen LogP contribution in [0.15, 0.2) is 42.5 Å². The van der Waals surface area contributed by atoms with Crippen LogP contribution in [0.1, 0.15) is 24.5 Å². The largest absolute Gasteiger partial charge is 0.493 e. The van der Waals surface area contributed by atoms with E-state index in [0.29, 0.717) is 13.2 Å². The van der Waals surface area contributed by atoms with Gasteiger partial charge >= 0.3 is 0 Å². The van der Waals surface area contributed by atoms with E-state index in [1.54, 1.807) is 0 Å². The average molecular weight is 370 g/mol. The van der Waals surface area contributed by atoms with Crippen LogP contribution < -0.4 is 9.47 Å². The molecule has 2 rings (SSSR count). The summed E-state index contributed by atoms with van der Waals surface area (Å²) in [7, 11) is 0. The van der Waals surface area contributed by atoms with Gasteiger partial charge in [-0.1, -0.05) is 52.7 Å². The second-order valence-electron chi connectivity index (χ2n) is 4.67. The molecule has 0 aliphatic carbocycles. The molecule has 112 valence electrons. The average Bonchev–Trinajstić information content (AvgIpc) is 2.52. The summed E-state index contributed by atoms with van der Waals surface area (Å²) in [5.41, 5.74) is 2.19. The summed E-state index contributed by atoms with van der Waals surface area (Å²) in [6, 6.07) is 13.6. The lowest BCUT2D eigenvalue weighted by molar-refractivity contribution is 0.293. The van der Waals surface area contributed by atoms with Gasteiger partial charge in [0, 0.05) is 22.0 Å². The molecule has 0 aliphatic rings. The van der Waals surface area contributed by atoms with Crippen LogP contribution >= 0.6 is 27.5 Å². The fraction of sp³-hybridized carbons (Fsp3) is 0.294. The molecule has 0 atom stereocenters. The van der Waals surface area contributed by atoms with E-state index in [9.17, 15) is 0 Å². The molecule has 0 spiro atoms. The Morgan fingerprint density at radius 1 is 1.05 bits per heavy atom. The highest BCUT2D eigenvalue weighted by atomic mass is 79.9. The number of hydrogen-bond acceptors (Lipinski definition) is 2. The molecule has 4 heteroatoms. The first-order chi connectivity index (χ1) is 10.2. The summed E-state index contributed by atoms with van der Waals surface area (Å²) >= 11 is 9.37. The molecule has 2 aromatic carbocycles. The fourth-order valence-corrected chi connectivity index (χ4v) is 2.42. The van der Waals surface area contributed by atoms with Crippen molar-refractivity contribution in [2.45, 2.75) is 25.3 Å². The predicted octanol–water partition coefficient (Wildman–Crippen LogP) is 5.60. The van der Waals surface area contributed by atoms with Gasteiger partial charge in [0.2, 0.25) is 0 Å². The number of rotatable bonds is 7. The lowest BCUT2D eigenvalue weighted by Crippen LogP contribution is -2.00. The first-order valence-corrected chi connectivity index (χ1v) is 8.41. The SMILES string of the molecule is CCCOc1ccc(CBr)c(OCc2ccc(Cl)cc2)c1. The summed E-state index contributed by atoms with van der Waals surface area (Å²) in [5.74, 6) is 1.68. The molecule has 0 aliphatic heterocycles. The number of benzene rings is 2. The summed E-state index contributed by atoms with van der Waals surface area (Å²) in [4.78, 5) is 0. The van der Waals surface area contributed by atoms with Gasteiger partial charge in [0.1, 0.15) is 18.1 Å². The van der Waals surface area contributed by atoms with E-state index in [4.69, 9.17) is 21.1 Å². The third-order valence-electron chi connectivity index (χ3n) is 2.96. The standard InChI is InChI=1S/C17H18BrClO2/c1-2-9-20-16-8-5-14(11-18)17(10-16)21-12-13-3-6-15(19)7-4-13/h3-8,10H,2,9,11-12H2,1H3. The monoisotopic (exact) mass is 368 g/mol. The molecular weight excluding hydrogens is 352 g/mol. The van der Waals surface area contributed by atoms with E-state index in [2.05, 4.69) is 22.9 Å². The third kappa shape index (κ3) is 4.94. The molecule has 0 unspecified atom stereocenters. The minimum Gasteiger partial charge on any atom is -0.493 e. The zero-order valence-corrected chi connectivity index (χ0v) is 14.3. The molecule has 21 heavy (non-hydrogen) atoms. The van der Waals surface area contributed by atoms with E-state index < -0.39 is 0 Å². The summed E-state index contributed by atoms with van der Waals surface area (Å²) in [6.45, 7) is 3.31. The number of hydrogen-bond donors (Lipinski definition) is 0. The van der Waals surface area contributed by atoms with Crippen LogP contribution in [0, 0.1) is 0 Å². The van der Waals surface area contributed by atoms with Crippen LogP contribution in [-0.2, 0) is 11.9 Å². The van der Waals surface area contributed by atoms with Crippen molar-refractivity contribution in [1.29, 1.82) is 0 Å². The lowest BCUT2D eigenvalue weighted by atomic mass is 10.2. The maximum atomic E-state index is 5.92. The highest BCUT2D eigenvalue weighted by molar-refractivity contribution is 9.08. The van der Waals surface area contributed by atoms with Crippen molar-refractivity contribution >= 4 is 27.5 Å². The van der Waals surface area contributed by atoms with Gasteiger partial charge in [0.15, 0.2) is 0 Å². The van der Waals surface area contributed by atoms with Gasteiger partial charge in [-0.2, -0.15) is 0 Å². The van der Waals surface area contributed by atoms with E-state index in [1.807, 2.05) is 42.5 Å². The minimum absolute atomic E-state index is 0.508. The zero-order chi connectivity index (χ0) is 15.1. The van der Waals surface area contributed by atoms with Crippen molar-refractivity contribution in [3.05, 3.63) is 58.6 Å². The summed E-state index contributed by atoms with van der Waals surface area (Å²) < 4.78 is 11.6. The first kappa shape index (κ1) is 16.2. The van der Waals surface area contributed by atoms with Crippen LogP contribution in [0.5, 0.6) is 11.5 Å². The van der Waals surface area contributed by atoms with E-state index in [0.717, 1.165) is 39.4 Å². The number of alkyl halides is 1. The van der Waals surface area contributed by atoms with Gasteiger partial charge in [0.25, 0.3) is 0 Å². The van der Waals surface area contributed by atoms with Crippen LogP contribution in [0.3, 0.4) is 0 Å². The van der Waals surface area contributed by atoms with Gasteiger partial charge < -0.3 is 9.47 Å². The van der Waals surface area contributed by atoms with Gasteiger partial charge in [-0.05, 0) is 30.2 Å². The molecular formula is C17H18BrClO2. The highest BCUT2D eigenvalue weighted by Crippen LogP contribution is 2.27. The Kier molecular flexibility index (Phi) is 6.40. The Hall–Kier alpha value is -1.19. The van der Waals surface area contributed by atoms with Crippen molar-refractivity contribution < 1.29 is 9.47 Å². The van der Waals surface area contributed by atoms with Crippen LogP contribution in [0.2, 0.25) is 5.02 Å². The molecule has 0 aromatic heterocycles. The number of ether oxygens (including phenoxy) is 2. The Bertz CT molecular complexity index is 570. The lowest BCUT2D eigenvalue weighted by Gasteiger charge is -2.13. The topological polar surface area (TPSA) is 18.5 Å². The molecule has 0 amide bonds. The molecule has 0 N–H and O–H groups in total. The van der Waals surface area contributed by atoms with Crippen molar-refractivity contribution in [2.24, 2.45) is 0 Å². The van der Waals surface area contributed by atoms with E-state index >= 15 is 0 Å². The molecule has 0 heterocycles. The van der Waals surface area contributed by atoms with E-state index in [1.165, 1.54) is 0 Å². The second-order valence-corrected chi connectivity index (χ2v) is 5.66. The smallest absolute Gasteiger partial charge is 0.127 e. The van der Waals surface area contributed by atoms with Crippen LogP contribution in [0.4, 0.5) is 0 Å². The summed E-state index contributed by atoms with van der Waals surface area (Å²) in [5, 5.41) is 1.48. The fourth-order valence-electron chi connectivity index (χ4n) is 1.83. The molecule has 0 bridgehead atoms. The number of halogens is 2. The van der Waals surface area contributed by atoms with Crippen molar-refractivity contribution in [3.8, 4) is 11.5 Å². The molecule has 0 radical (unpaired) electrons. The maximum Gasteiger partial charge on any atom is 0.127 e. The van der Waals surface area contributed by atoms with E-state index in [-0.39, 0.29) is 0 Å². The first-order valence-electron chi connectivity index (χ1n) is 6.92. The second kappa shape index (κ2) is 8.30. The van der Waals surface area contributed by atoms with Crippen LogP contribution in [0.25, 0.3) is 0 Å². The van der Waals surface area contributed by atoms with Gasteiger partial charge in [-0.15, -0.1) is 0 Å². The van der Waals surface area contributed by atoms with Gasteiger partial charge in [0.05, 0.1) is 6.61 Å². The van der Waals surface area contributed by atoms with Crippen molar-refractivity contribution in [2.75, 3.05) is 6.61 Å². The Morgan fingerprint density at radius 3 is 2.48 bits per heavy atom. The molecule has 0 saturated heterocycles. The molecule has 0 saturated carbocycles.